The molecule has 1 N–H and O–H groups in total. The SMILES string of the molecule is CN(C)C/C=C/C(=O)N1CCc2c(sc3ncnc(Nc4cccc(Cl)c4)c23)C1. The van der Waals surface area contributed by atoms with Crippen molar-refractivity contribution in [2.75, 3.05) is 32.5 Å². The lowest BCUT2D eigenvalue weighted by Crippen LogP contribution is -2.34. The fourth-order valence-corrected chi connectivity index (χ4v) is 4.78. The number of hydrogen-bond donors (Lipinski definition) is 1. The normalized spacial score (nSPS) is 14.0. The van der Waals surface area contributed by atoms with Crippen molar-refractivity contribution >= 4 is 50.6 Å². The number of amides is 1. The highest BCUT2D eigenvalue weighted by Gasteiger charge is 2.25. The Bertz CT molecular complexity index is 1080. The summed E-state index contributed by atoms with van der Waals surface area (Å²) in [6.07, 6.45) is 5.94. The molecule has 2 aromatic heterocycles. The number of anilines is 2. The van der Waals surface area contributed by atoms with Crippen LogP contribution in [-0.4, -0.2) is 52.9 Å². The van der Waals surface area contributed by atoms with Crippen LogP contribution in [0.15, 0.2) is 42.7 Å². The van der Waals surface area contributed by atoms with E-state index in [1.54, 1.807) is 23.7 Å². The number of nitrogens with one attached hydrogen (secondary N) is 1. The van der Waals surface area contributed by atoms with Crippen molar-refractivity contribution in [3.8, 4) is 0 Å². The number of likely N-dealkylation sites (N-methyl/N-ethyl adjacent to an activating group) is 1. The van der Waals surface area contributed by atoms with Gasteiger partial charge in [0, 0.05) is 34.8 Å². The van der Waals surface area contributed by atoms with E-state index in [0.717, 1.165) is 34.7 Å². The van der Waals surface area contributed by atoms with E-state index in [1.165, 1.54) is 10.4 Å². The molecule has 0 atom stereocenters. The smallest absolute Gasteiger partial charge is 0.246 e. The first-order valence-corrected chi connectivity index (χ1v) is 10.6. The fraction of sp³-hybridized carbons (Fsp3) is 0.286. The summed E-state index contributed by atoms with van der Waals surface area (Å²) in [6, 6.07) is 7.57. The summed E-state index contributed by atoms with van der Waals surface area (Å²) in [7, 11) is 3.96. The summed E-state index contributed by atoms with van der Waals surface area (Å²) in [4.78, 5) is 27.5. The molecule has 0 fully saturated rings. The molecule has 0 radical (unpaired) electrons. The summed E-state index contributed by atoms with van der Waals surface area (Å²) in [6.45, 7) is 2.05. The standard InChI is InChI=1S/C21H22ClN5OS/c1-26(2)9-4-7-18(28)27-10-8-16-17(12-27)29-21-19(16)20(23-13-24-21)25-15-6-3-5-14(22)11-15/h3-7,11,13H,8-10,12H2,1-2H3,(H,23,24,25)/b7-4+. The van der Waals surface area contributed by atoms with Crippen LogP contribution in [0.3, 0.4) is 0 Å². The van der Waals surface area contributed by atoms with Crippen LogP contribution in [0.2, 0.25) is 5.02 Å². The van der Waals surface area contributed by atoms with Crippen molar-refractivity contribution < 1.29 is 4.79 Å². The number of halogens is 1. The number of nitrogens with zero attached hydrogens (tertiary/aromatic N) is 4. The Morgan fingerprint density at radius 2 is 2.24 bits per heavy atom. The van der Waals surface area contributed by atoms with E-state index in [0.29, 0.717) is 18.1 Å². The van der Waals surface area contributed by atoms with Gasteiger partial charge in [0.1, 0.15) is 17.0 Å². The van der Waals surface area contributed by atoms with E-state index >= 15 is 0 Å². The number of fused-ring (bicyclic) bond motifs is 3. The van der Waals surface area contributed by atoms with Crippen molar-refractivity contribution in [3.05, 3.63) is 58.2 Å². The van der Waals surface area contributed by atoms with Crippen LogP contribution in [0.1, 0.15) is 10.4 Å². The molecule has 0 saturated carbocycles. The van der Waals surface area contributed by atoms with E-state index in [4.69, 9.17) is 11.6 Å². The van der Waals surface area contributed by atoms with Crippen LogP contribution in [0.25, 0.3) is 10.2 Å². The second kappa shape index (κ2) is 8.49. The highest BCUT2D eigenvalue weighted by Crippen LogP contribution is 2.38. The summed E-state index contributed by atoms with van der Waals surface area (Å²) >= 11 is 7.74. The molecule has 0 aliphatic carbocycles. The molecule has 8 heteroatoms. The Morgan fingerprint density at radius 1 is 1.38 bits per heavy atom. The number of carbonyl (C=O) groups excluding carboxylic acids is 1. The first-order chi connectivity index (χ1) is 14.0. The third kappa shape index (κ3) is 4.42. The lowest BCUT2D eigenvalue weighted by molar-refractivity contribution is -0.126. The molecule has 29 heavy (non-hydrogen) atoms. The summed E-state index contributed by atoms with van der Waals surface area (Å²) in [5.41, 5.74) is 2.12. The molecule has 1 amide bonds. The van der Waals surface area contributed by atoms with E-state index in [1.807, 2.05) is 54.2 Å². The Labute approximate surface area is 178 Å². The van der Waals surface area contributed by atoms with E-state index < -0.39 is 0 Å². The molecule has 0 saturated heterocycles. The van der Waals surface area contributed by atoms with E-state index in [9.17, 15) is 4.79 Å². The molecule has 0 unspecified atom stereocenters. The van der Waals surface area contributed by atoms with Gasteiger partial charge in [-0.2, -0.15) is 0 Å². The van der Waals surface area contributed by atoms with Crippen molar-refractivity contribution in [1.82, 2.24) is 19.8 Å². The van der Waals surface area contributed by atoms with Crippen LogP contribution in [-0.2, 0) is 17.8 Å². The Morgan fingerprint density at radius 3 is 3.03 bits per heavy atom. The minimum atomic E-state index is 0.0540. The largest absolute Gasteiger partial charge is 0.340 e. The van der Waals surface area contributed by atoms with Gasteiger partial charge in [-0.3, -0.25) is 4.79 Å². The molecule has 150 valence electrons. The van der Waals surface area contributed by atoms with Crippen molar-refractivity contribution in [2.24, 2.45) is 0 Å². The lowest BCUT2D eigenvalue weighted by atomic mass is 10.0. The molecule has 1 aliphatic heterocycles. The fourth-order valence-electron chi connectivity index (χ4n) is 3.38. The second-order valence-corrected chi connectivity index (χ2v) is 8.74. The highest BCUT2D eigenvalue weighted by atomic mass is 35.5. The quantitative estimate of drug-likeness (QED) is 0.621. The topological polar surface area (TPSA) is 61.4 Å². The molecule has 1 aromatic carbocycles. The maximum absolute atomic E-state index is 12.5. The van der Waals surface area contributed by atoms with E-state index in [2.05, 4.69) is 15.3 Å². The van der Waals surface area contributed by atoms with E-state index in [-0.39, 0.29) is 5.91 Å². The third-order valence-corrected chi connectivity index (χ3v) is 6.13. The van der Waals surface area contributed by atoms with Gasteiger partial charge in [-0.05, 0) is 44.3 Å². The van der Waals surface area contributed by atoms with Crippen LogP contribution < -0.4 is 5.32 Å². The number of carbonyl (C=O) groups is 1. The molecule has 6 nitrogen and oxygen atoms in total. The number of benzene rings is 1. The molecule has 0 bridgehead atoms. The van der Waals surface area contributed by atoms with Crippen LogP contribution in [0.4, 0.5) is 11.5 Å². The van der Waals surface area contributed by atoms with Gasteiger partial charge in [0.2, 0.25) is 5.91 Å². The maximum Gasteiger partial charge on any atom is 0.246 e. The number of thiophene rings is 1. The summed E-state index contributed by atoms with van der Waals surface area (Å²) in [5, 5.41) is 5.09. The second-order valence-electron chi connectivity index (χ2n) is 7.22. The van der Waals surface area contributed by atoms with Crippen LogP contribution in [0.5, 0.6) is 0 Å². The predicted molar refractivity (Wildman–Crippen MR) is 119 cm³/mol. The van der Waals surface area contributed by atoms with Gasteiger partial charge in [0.15, 0.2) is 0 Å². The zero-order valence-electron chi connectivity index (χ0n) is 16.4. The van der Waals surface area contributed by atoms with Gasteiger partial charge in [0.25, 0.3) is 0 Å². The first-order valence-electron chi connectivity index (χ1n) is 9.39. The summed E-state index contributed by atoms with van der Waals surface area (Å²) in [5.74, 6) is 0.832. The molecule has 1 aliphatic rings. The molecular weight excluding hydrogens is 406 g/mol. The molecular formula is C21H22ClN5OS. The zero-order valence-corrected chi connectivity index (χ0v) is 17.9. The van der Waals surface area contributed by atoms with Gasteiger partial charge < -0.3 is 15.1 Å². The zero-order chi connectivity index (χ0) is 20.4. The number of hydrogen-bond acceptors (Lipinski definition) is 6. The Balaban J connectivity index is 1.59. The Hall–Kier alpha value is -2.48. The first kappa shape index (κ1) is 19.8. The lowest BCUT2D eigenvalue weighted by Gasteiger charge is -2.26. The third-order valence-electron chi connectivity index (χ3n) is 4.77. The molecule has 4 rings (SSSR count). The van der Waals surface area contributed by atoms with Crippen molar-refractivity contribution in [1.29, 1.82) is 0 Å². The van der Waals surface area contributed by atoms with Gasteiger partial charge in [-0.15, -0.1) is 11.3 Å². The maximum atomic E-state index is 12.5. The van der Waals surface area contributed by atoms with Crippen molar-refractivity contribution in [2.45, 2.75) is 13.0 Å². The minimum Gasteiger partial charge on any atom is -0.340 e. The number of aromatic nitrogens is 2. The monoisotopic (exact) mass is 427 g/mol. The van der Waals surface area contributed by atoms with Gasteiger partial charge in [0.05, 0.1) is 11.9 Å². The van der Waals surface area contributed by atoms with Crippen molar-refractivity contribution in [3.63, 3.8) is 0 Å². The minimum absolute atomic E-state index is 0.0540. The highest BCUT2D eigenvalue weighted by molar-refractivity contribution is 7.19. The van der Waals surface area contributed by atoms with Gasteiger partial charge in [-0.1, -0.05) is 23.7 Å². The van der Waals surface area contributed by atoms with Gasteiger partial charge in [-0.25, -0.2) is 9.97 Å². The van der Waals surface area contributed by atoms with Gasteiger partial charge >= 0.3 is 0 Å². The average Bonchev–Trinajstić information content (AvgIpc) is 3.06. The van der Waals surface area contributed by atoms with Crippen LogP contribution in [0, 0.1) is 0 Å². The predicted octanol–water partition coefficient (Wildman–Crippen LogP) is 4.09. The van der Waals surface area contributed by atoms with Crippen LogP contribution >= 0.6 is 22.9 Å². The molecule has 3 heterocycles. The number of rotatable bonds is 5. The Kier molecular flexibility index (Phi) is 5.80. The summed E-state index contributed by atoms with van der Waals surface area (Å²) < 4.78 is 0. The molecule has 3 aromatic rings. The average molecular weight is 428 g/mol. The molecule has 0 spiro atoms.